The summed E-state index contributed by atoms with van der Waals surface area (Å²) in [5.74, 6) is 0. The molecule has 0 aliphatic carbocycles. The lowest BCUT2D eigenvalue weighted by Gasteiger charge is -2.32. The lowest BCUT2D eigenvalue weighted by molar-refractivity contribution is -0.0934. The number of rotatable bonds is 7. The number of ether oxygens (including phenoxy) is 2. The number of alkyl halides is 1. The van der Waals surface area contributed by atoms with Gasteiger partial charge in [0.25, 0.3) is 0 Å². The molecule has 0 aromatic heterocycles. The highest BCUT2D eigenvalue weighted by Gasteiger charge is 2.30. The van der Waals surface area contributed by atoms with E-state index in [-0.39, 0.29) is 11.7 Å². The van der Waals surface area contributed by atoms with Gasteiger partial charge < -0.3 is 9.47 Å². The fourth-order valence-corrected chi connectivity index (χ4v) is 2.96. The van der Waals surface area contributed by atoms with Crippen molar-refractivity contribution in [1.82, 2.24) is 0 Å². The molecular weight excluding hydrogens is 360 g/mol. The molecule has 2 unspecified atom stereocenters. The molecule has 102 valence electrons. The maximum atomic E-state index is 6.15. The van der Waals surface area contributed by atoms with Crippen LogP contribution in [0.15, 0.2) is 28.7 Å². The van der Waals surface area contributed by atoms with Gasteiger partial charge in [0.2, 0.25) is 0 Å². The Morgan fingerprint density at radius 2 is 2.00 bits per heavy atom. The molecule has 0 N–H and O–H groups in total. The highest BCUT2D eigenvalue weighted by molar-refractivity contribution is 9.10. The zero-order chi connectivity index (χ0) is 13.6. The van der Waals surface area contributed by atoms with Crippen LogP contribution in [0, 0.1) is 0 Å². The fraction of sp³-hybridized carbons (Fsp3) is 0.571. The van der Waals surface area contributed by atoms with E-state index in [4.69, 9.17) is 9.47 Å². The summed E-state index contributed by atoms with van der Waals surface area (Å²) in [6.07, 6.45) is 0.0552. The van der Waals surface area contributed by atoms with Crippen LogP contribution >= 0.6 is 31.9 Å². The van der Waals surface area contributed by atoms with E-state index in [9.17, 15) is 0 Å². The zero-order valence-electron chi connectivity index (χ0n) is 11.1. The van der Waals surface area contributed by atoms with Crippen molar-refractivity contribution in [3.8, 4) is 0 Å². The van der Waals surface area contributed by atoms with Gasteiger partial charge >= 0.3 is 0 Å². The summed E-state index contributed by atoms with van der Waals surface area (Å²) in [5, 5.41) is 0.735. The summed E-state index contributed by atoms with van der Waals surface area (Å²) in [5.41, 5.74) is 0.779. The molecule has 0 aliphatic rings. The Hall–Kier alpha value is 0.1000. The van der Waals surface area contributed by atoms with Crippen molar-refractivity contribution in [2.45, 2.75) is 32.5 Å². The molecule has 0 saturated heterocycles. The van der Waals surface area contributed by atoms with Gasteiger partial charge in [-0.25, -0.2) is 0 Å². The molecule has 0 aliphatic heterocycles. The van der Waals surface area contributed by atoms with Gasteiger partial charge in [-0.15, -0.1) is 0 Å². The first-order valence-electron chi connectivity index (χ1n) is 6.10. The normalized spacial score (nSPS) is 16.3. The Balaban J connectivity index is 2.82. The maximum Gasteiger partial charge on any atom is 0.101 e. The second-order valence-electron chi connectivity index (χ2n) is 4.43. The van der Waals surface area contributed by atoms with Crippen molar-refractivity contribution in [3.05, 3.63) is 34.3 Å². The number of benzene rings is 1. The van der Waals surface area contributed by atoms with Crippen LogP contribution in [0.2, 0.25) is 0 Å². The van der Waals surface area contributed by atoms with Crippen molar-refractivity contribution in [2.75, 3.05) is 18.5 Å². The van der Waals surface area contributed by atoms with Gasteiger partial charge in [0, 0.05) is 16.4 Å². The predicted molar refractivity (Wildman–Crippen MR) is 82.3 cm³/mol. The van der Waals surface area contributed by atoms with Crippen LogP contribution in [0.4, 0.5) is 0 Å². The average molecular weight is 380 g/mol. The molecule has 0 radical (unpaired) electrons. The molecule has 1 aromatic carbocycles. The summed E-state index contributed by atoms with van der Waals surface area (Å²) in [6, 6.07) is 8.15. The zero-order valence-corrected chi connectivity index (χ0v) is 14.3. The van der Waals surface area contributed by atoms with Gasteiger partial charge in [-0.3, -0.25) is 0 Å². The molecule has 0 saturated carbocycles. The van der Waals surface area contributed by atoms with E-state index in [1.807, 2.05) is 32.0 Å². The van der Waals surface area contributed by atoms with Crippen LogP contribution in [0.25, 0.3) is 0 Å². The fourth-order valence-electron chi connectivity index (χ4n) is 1.82. The average Bonchev–Trinajstić information content (AvgIpc) is 2.36. The van der Waals surface area contributed by atoms with Crippen LogP contribution in [-0.4, -0.2) is 24.6 Å². The molecule has 2 nitrogen and oxygen atoms in total. The largest absolute Gasteiger partial charge is 0.379 e. The highest BCUT2D eigenvalue weighted by atomic mass is 79.9. The van der Waals surface area contributed by atoms with E-state index in [2.05, 4.69) is 44.8 Å². The number of hydrogen-bond acceptors (Lipinski definition) is 2. The van der Waals surface area contributed by atoms with Crippen LogP contribution in [0.5, 0.6) is 0 Å². The Labute approximate surface area is 126 Å². The second kappa shape index (κ2) is 7.63. The molecule has 4 heteroatoms. The first-order valence-corrected chi connectivity index (χ1v) is 8.01. The maximum absolute atomic E-state index is 6.15. The van der Waals surface area contributed by atoms with Gasteiger partial charge in [-0.05, 0) is 32.4 Å². The summed E-state index contributed by atoms with van der Waals surface area (Å²) in [7, 11) is 0. The van der Waals surface area contributed by atoms with Crippen molar-refractivity contribution in [2.24, 2.45) is 0 Å². The third-order valence-corrected chi connectivity index (χ3v) is 4.48. The van der Waals surface area contributed by atoms with Crippen molar-refractivity contribution in [1.29, 1.82) is 0 Å². The second-order valence-corrected chi connectivity index (χ2v) is 5.85. The van der Waals surface area contributed by atoms with Crippen molar-refractivity contribution in [3.63, 3.8) is 0 Å². The van der Waals surface area contributed by atoms with Gasteiger partial charge in [0.1, 0.15) is 5.60 Å². The predicted octanol–water partition coefficient (Wildman–Crippen LogP) is 4.50. The minimum atomic E-state index is -0.364. The Morgan fingerprint density at radius 3 is 2.56 bits per heavy atom. The first-order chi connectivity index (χ1) is 8.53. The standard InChI is InChI=1S/C14H20Br2O2/c1-4-17-9-11(2)18-14(3,10-15)12-7-5-6-8-13(12)16/h5-8,11H,4,9-10H2,1-3H3. The number of hydrogen-bond donors (Lipinski definition) is 0. The summed E-state index contributed by atoms with van der Waals surface area (Å²) < 4.78 is 12.6. The molecule has 2 atom stereocenters. The van der Waals surface area contributed by atoms with Gasteiger partial charge in [-0.2, -0.15) is 0 Å². The quantitative estimate of drug-likeness (QED) is 0.649. The molecule has 0 bridgehead atoms. The lowest BCUT2D eigenvalue weighted by atomic mass is 9.98. The van der Waals surface area contributed by atoms with E-state index in [1.54, 1.807) is 0 Å². The smallest absolute Gasteiger partial charge is 0.101 e. The SMILES string of the molecule is CCOCC(C)OC(C)(CBr)c1ccccc1Br. The van der Waals surface area contributed by atoms with Crippen LogP contribution in [-0.2, 0) is 15.1 Å². The third kappa shape index (κ3) is 4.34. The topological polar surface area (TPSA) is 18.5 Å². The Bertz CT molecular complexity index is 371. The van der Waals surface area contributed by atoms with Crippen LogP contribution < -0.4 is 0 Å². The molecule has 18 heavy (non-hydrogen) atoms. The lowest BCUT2D eigenvalue weighted by Crippen LogP contribution is -2.34. The minimum absolute atomic E-state index is 0.0552. The van der Waals surface area contributed by atoms with Gasteiger partial charge in [-0.1, -0.05) is 50.1 Å². The van der Waals surface area contributed by atoms with Crippen molar-refractivity contribution >= 4 is 31.9 Å². The monoisotopic (exact) mass is 378 g/mol. The van der Waals surface area contributed by atoms with Crippen LogP contribution in [0.3, 0.4) is 0 Å². The molecule has 0 amide bonds. The Morgan fingerprint density at radius 1 is 1.33 bits per heavy atom. The molecule has 0 fully saturated rings. The highest BCUT2D eigenvalue weighted by Crippen LogP contribution is 2.34. The van der Waals surface area contributed by atoms with E-state index < -0.39 is 0 Å². The Kier molecular flexibility index (Phi) is 6.85. The van der Waals surface area contributed by atoms with Gasteiger partial charge in [0.05, 0.1) is 12.7 Å². The first kappa shape index (κ1) is 16.2. The van der Waals surface area contributed by atoms with Gasteiger partial charge in [0.15, 0.2) is 0 Å². The molecule has 0 heterocycles. The van der Waals surface area contributed by atoms with E-state index >= 15 is 0 Å². The summed E-state index contributed by atoms with van der Waals surface area (Å²) in [4.78, 5) is 0. The number of halogens is 2. The van der Waals surface area contributed by atoms with E-state index in [0.29, 0.717) is 13.2 Å². The minimum Gasteiger partial charge on any atom is -0.379 e. The molecule has 1 rings (SSSR count). The van der Waals surface area contributed by atoms with Crippen LogP contribution in [0.1, 0.15) is 26.3 Å². The van der Waals surface area contributed by atoms with E-state index in [1.165, 1.54) is 0 Å². The summed E-state index contributed by atoms with van der Waals surface area (Å²) in [6.45, 7) is 7.44. The summed E-state index contributed by atoms with van der Waals surface area (Å²) >= 11 is 7.14. The molecule has 0 spiro atoms. The van der Waals surface area contributed by atoms with Crippen molar-refractivity contribution < 1.29 is 9.47 Å². The van der Waals surface area contributed by atoms with E-state index in [0.717, 1.165) is 15.4 Å². The molecular formula is C14H20Br2O2. The molecule has 1 aromatic rings. The third-order valence-electron chi connectivity index (χ3n) is 2.72.